The van der Waals surface area contributed by atoms with Gasteiger partial charge in [-0.2, -0.15) is 0 Å². The molecule has 1 atom stereocenters. The maximum absolute atomic E-state index is 4.24. The topological polar surface area (TPSA) is 24.9 Å². The summed E-state index contributed by atoms with van der Waals surface area (Å²) in [4.78, 5) is 5.53. The van der Waals surface area contributed by atoms with Crippen LogP contribution in [0, 0.1) is 6.92 Å². The van der Waals surface area contributed by atoms with E-state index in [0.717, 1.165) is 4.47 Å². The molecule has 0 aliphatic carbocycles. The van der Waals surface area contributed by atoms with E-state index in [1.807, 2.05) is 19.4 Å². The van der Waals surface area contributed by atoms with E-state index in [2.05, 4.69) is 50.7 Å². The normalized spacial score (nSPS) is 12.7. The van der Waals surface area contributed by atoms with Crippen LogP contribution in [0.25, 0.3) is 0 Å². The SMILES string of the molecule is CNC(c1cncc(C)c1)c1cc(Br)cs1. The first kappa shape index (κ1) is 11.8. The predicted octanol–water partition coefficient (Wildman–Crippen LogP) is 3.52. The molecule has 1 N–H and O–H groups in total. The van der Waals surface area contributed by atoms with E-state index in [1.54, 1.807) is 11.3 Å². The van der Waals surface area contributed by atoms with Crippen molar-refractivity contribution in [1.29, 1.82) is 0 Å². The quantitative estimate of drug-likeness (QED) is 0.937. The minimum atomic E-state index is 0.226. The van der Waals surface area contributed by atoms with Gasteiger partial charge in [0.1, 0.15) is 0 Å². The van der Waals surface area contributed by atoms with Gasteiger partial charge in [0.05, 0.1) is 6.04 Å². The van der Waals surface area contributed by atoms with E-state index in [9.17, 15) is 0 Å². The molecule has 0 fully saturated rings. The van der Waals surface area contributed by atoms with Crippen LogP contribution in [0.5, 0.6) is 0 Å². The molecule has 0 aromatic carbocycles. The molecule has 0 amide bonds. The summed E-state index contributed by atoms with van der Waals surface area (Å²) in [7, 11) is 1.97. The zero-order valence-corrected chi connectivity index (χ0v) is 11.6. The van der Waals surface area contributed by atoms with Crippen molar-refractivity contribution in [3.63, 3.8) is 0 Å². The Balaban J connectivity index is 2.36. The van der Waals surface area contributed by atoms with Crippen LogP contribution >= 0.6 is 27.3 Å². The van der Waals surface area contributed by atoms with Crippen molar-refractivity contribution in [1.82, 2.24) is 10.3 Å². The largest absolute Gasteiger partial charge is 0.309 e. The van der Waals surface area contributed by atoms with Gasteiger partial charge >= 0.3 is 0 Å². The summed E-state index contributed by atoms with van der Waals surface area (Å²) in [5.41, 5.74) is 2.39. The number of rotatable bonds is 3. The first-order valence-electron chi connectivity index (χ1n) is 5.03. The Morgan fingerprint density at radius 2 is 2.19 bits per heavy atom. The molecule has 0 spiro atoms. The number of aromatic nitrogens is 1. The average Bonchev–Trinajstić information content (AvgIpc) is 2.66. The van der Waals surface area contributed by atoms with Crippen molar-refractivity contribution in [2.24, 2.45) is 0 Å². The van der Waals surface area contributed by atoms with E-state index in [4.69, 9.17) is 0 Å². The van der Waals surface area contributed by atoms with Gasteiger partial charge in [-0.25, -0.2) is 0 Å². The summed E-state index contributed by atoms with van der Waals surface area (Å²) in [6.45, 7) is 2.06. The van der Waals surface area contributed by atoms with Gasteiger partial charge in [-0.3, -0.25) is 4.98 Å². The highest BCUT2D eigenvalue weighted by atomic mass is 79.9. The molecule has 1 unspecified atom stereocenters. The van der Waals surface area contributed by atoms with Gasteiger partial charge < -0.3 is 5.32 Å². The summed E-state index contributed by atoms with van der Waals surface area (Å²) >= 11 is 5.23. The molecule has 0 radical (unpaired) electrons. The number of halogens is 1. The Morgan fingerprint density at radius 3 is 2.75 bits per heavy atom. The summed E-state index contributed by atoms with van der Waals surface area (Å²) in [5.74, 6) is 0. The molecule has 0 bridgehead atoms. The average molecular weight is 297 g/mol. The maximum Gasteiger partial charge on any atom is 0.0684 e. The third-order valence-corrected chi connectivity index (χ3v) is 4.15. The molecule has 2 heterocycles. The maximum atomic E-state index is 4.24. The molecule has 0 aliphatic rings. The van der Waals surface area contributed by atoms with Crippen LogP contribution in [0.3, 0.4) is 0 Å². The van der Waals surface area contributed by atoms with Gasteiger partial charge in [-0.1, -0.05) is 6.07 Å². The lowest BCUT2D eigenvalue weighted by molar-refractivity contribution is 0.699. The smallest absolute Gasteiger partial charge is 0.0684 e. The Morgan fingerprint density at radius 1 is 1.38 bits per heavy atom. The summed E-state index contributed by atoms with van der Waals surface area (Å²) in [6, 6.07) is 4.54. The van der Waals surface area contributed by atoms with E-state index in [1.165, 1.54) is 16.0 Å². The second-order valence-corrected chi connectivity index (χ2v) is 5.54. The van der Waals surface area contributed by atoms with Crippen LogP contribution in [-0.4, -0.2) is 12.0 Å². The van der Waals surface area contributed by atoms with E-state index >= 15 is 0 Å². The van der Waals surface area contributed by atoms with Crippen LogP contribution in [0.4, 0.5) is 0 Å². The summed E-state index contributed by atoms with van der Waals surface area (Å²) in [6.07, 6.45) is 3.79. The zero-order valence-electron chi connectivity index (χ0n) is 9.20. The standard InChI is InChI=1S/C12H13BrN2S/c1-8-3-9(6-15-5-8)12(14-2)11-4-10(13)7-16-11/h3-7,12,14H,1-2H3. The minimum Gasteiger partial charge on any atom is -0.309 e. The Kier molecular flexibility index (Phi) is 3.74. The highest BCUT2D eigenvalue weighted by molar-refractivity contribution is 9.10. The molecule has 2 rings (SSSR count). The molecule has 0 saturated carbocycles. The molecule has 2 nitrogen and oxygen atoms in total. The summed E-state index contributed by atoms with van der Waals surface area (Å²) in [5, 5.41) is 5.42. The molecule has 0 saturated heterocycles. The van der Waals surface area contributed by atoms with Crippen molar-refractivity contribution in [2.45, 2.75) is 13.0 Å². The highest BCUT2D eigenvalue weighted by Gasteiger charge is 2.14. The van der Waals surface area contributed by atoms with E-state index < -0.39 is 0 Å². The molecule has 2 aromatic rings. The van der Waals surface area contributed by atoms with Crippen LogP contribution < -0.4 is 5.32 Å². The molecule has 16 heavy (non-hydrogen) atoms. The number of hydrogen-bond acceptors (Lipinski definition) is 3. The monoisotopic (exact) mass is 296 g/mol. The van der Waals surface area contributed by atoms with Crippen molar-refractivity contribution in [2.75, 3.05) is 7.05 Å². The highest BCUT2D eigenvalue weighted by Crippen LogP contribution is 2.29. The van der Waals surface area contributed by atoms with Crippen molar-refractivity contribution in [3.8, 4) is 0 Å². The number of aryl methyl sites for hydroxylation is 1. The predicted molar refractivity (Wildman–Crippen MR) is 71.9 cm³/mol. The molecule has 84 valence electrons. The van der Waals surface area contributed by atoms with Crippen LogP contribution in [0.15, 0.2) is 34.4 Å². The third kappa shape index (κ3) is 2.51. The number of nitrogens with zero attached hydrogens (tertiary/aromatic N) is 1. The van der Waals surface area contributed by atoms with E-state index in [0.29, 0.717) is 0 Å². The first-order chi connectivity index (χ1) is 7.70. The second-order valence-electron chi connectivity index (χ2n) is 3.68. The Bertz CT molecular complexity index is 481. The van der Waals surface area contributed by atoms with Crippen LogP contribution in [0.2, 0.25) is 0 Å². The number of hydrogen-bond donors (Lipinski definition) is 1. The van der Waals surface area contributed by atoms with Gasteiger partial charge in [0.2, 0.25) is 0 Å². The molecule has 0 aliphatic heterocycles. The lowest BCUT2D eigenvalue weighted by atomic mass is 10.1. The minimum absolute atomic E-state index is 0.226. The lowest BCUT2D eigenvalue weighted by Gasteiger charge is -2.14. The number of pyridine rings is 1. The second kappa shape index (κ2) is 5.08. The van der Waals surface area contributed by atoms with Crippen molar-refractivity contribution >= 4 is 27.3 Å². The van der Waals surface area contributed by atoms with Crippen molar-refractivity contribution < 1.29 is 0 Å². The first-order valence-corrected chi connectivity index (χ1v) is 6.70. The lowest BCUT2D eigenvalue weighted by Crippen LogP contribution is -2.16. The molecular formula is C12H13BrN2S. The fraction of sp³-hybridized carbons (Fsp3) is 0.250. The molecule has 4 heteroatoms. The number of thiophene rings is 1. The van der Waals surface area contributed by atoms with Gasteiger partial charge in [0.15, 0.2) is 0 Å². The number of nitrogens with one attached hydrogen (secondary N) is 1. The third-order valence-electron chi connectivity index (χ3n) is 2.39. The van der Waals surface area contributed by atoms with Crippen molar-refractivity contribution in [3.05, 3.63) is 50.4 Å². The van der Waals surface area contributed by atoms with Crippen LogP contribution in [-0.2, 0) is 0 Å². The fourth-order valence-corrected chi connectivity index (χ4v) is 3.27. The van der Waals surface area contributed by atoms with E-state index in [-0.39, 0.29) is 6.04 Å². The van der Waals surface area contributed by atoms with Gasteiger partial charge in [0.25, 0.3) is 0 Å². The zero-order chi connectivity index (χ0) is 11.5. The Hall–Kier alpha value is -0.710. The van der Waals surface area contributed by atoms with Crippen LogP contribution in [0.1, 0.15) is 22.0 Å². The molecular weight excluding hydrogens is 284 g/mol. The summed E-state index contributed by atoms with van der Waals surface area (Å²) < 4.78 is 1.13. The van der Waals surface area contributed by atoms with Gasteiger partial charge in [-0.15, -0.1) is 11.3 Å². The van der Waals surface area contributed by atoms with Gasteiger partial charge in [-0.05, 0) is 47.1 Å². The Labute approximate surface area is 108 Å². The van der Waals surface area contributed by atoms with Gasteiger partial charge in [0, 0.05) is 27.1 Å². The molecule has 2 aromatic heterocycles. The fourth-order valence-electron chi connectivity index (χ4n) is 1.69.